The minimum absolute atomic E-state index is 0.0720. The van der Waals surface area contributed by atoms with Gasteiger partial charge in [0.25, 0.3) is 0 Å². The maximum atomic E-state index is 5.26. The number of para-hydroxylation sites is 5. The first-order chi connectivity index (χ1) is 56.8. The molecule has 8 nitrogen and oxygen atoms in total. The molecule has 0 spiro atoms. The molecule has 0 amide bonds. The summed E-state index contributed by atoms with van der Waals surface area (Å²) in [6.07, 6.45) is 0. The highest BCUT2D eigenvalue weighted by Crippen LogP contribution is 2.50. The molecule has 0 bridgehead atoms. The zero-order valence-corrected chi connectivity index (χ0v) is 63.2. The van der Waals surface area contributed by atoms with Crippen LogP contribution in [0, 0.1) is 0 Å². The summed E-state index contributed by atoms with van der Waals surface area (Å²) in [5.74, 6) is 3.06. The monoisotopic (exact) mass is 1470 g/mol. The fourth-order valence-corrected chi connectivity index (χ4v) is 18.0. The van der Waals surface area contributed by atoms with Crippen LogP contribution in [-0.2, 0) is 5.41 Å². The number of fused-ring (bicyclic) bond motifs is 15. The van der Waals surface area contributed by atoms with Crippen LogP contribution in [0.15, 0.2) is 400 Å². The van der Waals surface area contributed by atoms with Crippen molar-refractivity contribution in [1.82, 2.24) is 38.2 Å². The Bertz CT molecular complexity index is 7520. The Morgan fingerprint density at radius 2 is 0.496 bits per heavy atom. The number of aromatic nitrogens is 8. The summed E-state index contributed by atoms with van der Waals surface area (Å²) in [5, 5.41) is 9.70. The van der Waals surface area contributed by atoms with E-state index in [0.717, 1.165) is 73.0 Å². The molecule has 0 saturated heterocycles. The van der Waals surface area contributed by atoms with Gasteiger partial charge in [-0.15, -0.1) is 0 Å². The molecule has 16 aromatic carbocycles. The van der Waals surface area contributed by atoms with Gasteiger partial charge in [-0.3, -0.25) is 9.13 Å². The average Bonchev–Trinajstić information content (AvgIpc) is 1.60. The Hall–Kier alpha value is -15.1. The Balaban J connectivity index is 0.000000140. The van der Waals surface area contributed by atoms with Crippen LogP contribution in [0.1, 0.15) is 25.0 Å². The molecule has 0 N–H and O–H groups in total. The van der Waals surface area contributed by atoms with Crippen molar-refractivity contribution < 1.29 is 0 Å². The summed E-state index contributed by atoms with van der Waals surface area (Å²) in [6, 6.07) is 143. The van der Waals surface area contributed by atoms with Crippen LogP contribution in [0.4, 0.5) is 0 Å². The predicted octanol–water partition coefficient (Wildman–Crippen LogP) is 27.3. The largest absolute Gasteiger partial charge is 0.309 e. The molecular formula is C107H72N8. The van der Waals surface area contributed by atoms with Crippen molar-refractivity contribution in [3.8, 4) is 113 Å². The smallest absolute Gasteiger partial charge is 0.162 e. The third kappa shape index (κ3) is 11.3. The van der Waals surface area contributed by atoms with Crippen LogP contribution in [0.3, 0.4) is 0 Å². The van der Waals surface area contributed by atoms with Gasteiger partial charge in [0, 0.05) is 94.3 Å². The van der Waals surface area contributed by atoms with E-state index in [2.05, 4.69) is 384 Å². The molecule has 8 heteroatoms. The van der Waals surface area contributed by atoms with Crippen molar-refractivity contribution in [3.63, 3.8) is 0 Å². The van der Waals surface area contributed by atoms with Crippen molar-refractivity contribution in [2.24, 2.45) is 0 Å². The summed E-state index contributed by atoms with van der Waals surface area (Å²) in [4.78, 5) is 20.7. The van der Waals surface area contributed by atoms with Crippen LogP contribution in [0.5, 0.6) is 0 Å². The van der Waals surface area contributed by atoms with E-state index in [-0.39, 0.29) is 5.41 Å². The zero-order chi connectivity index (χ0) is 76.2. The molecule has 0 saturated carbocycles. The van der Waals surface area contributed by atoms with Gasteiger partial charge in [-0.05, 0) is 153 Å². The van der Waals surface area contributed by atoms with Crippen molar-refractivity contribution in [2.45, 2.75) is 19.3 Å². The third-order valence-electron chi connectivity index (χ3n) is 23.5. The van der Waals surface area contributed by atoms with Gasteiger partial charge >= 0.3 is 0 Å². The average molecular weight is 1470 g/mol. The van der Waals surface area contributed by atoms with E-state index in [1.807, 2.05) is 48.5 Å². The van der Waals surface area contributed by atoms with Gasteiger partial charge in [-0.2, -0.15) is 0 Å². The van der Waals surface area contributed by atoms with Crippen LogP contribution >= 0.6 is 0 Å². The van der Waals surface area contributed by atoms with E-state index in [1.165, 1.54) is 126 Å². The highest BCUT2D eigenvalue weighted by molar-refractivity contribution is 6.15. The van der Waals surface area contributed by atoms with Gasteiger partial charge in [0.15, 0.2) is 11.6 Å². The number of hydrogen-bond donors (Lipinski definition) is 0. The quantitative estimate of drug-likeness (QED) is 0.129. The second-order valence-electron chi connectivity index (χ2n) is 30.5. The molecule has 0 unspecified atom stereocenters. The van der Waals surface area contributed by atoms with Gasteiger partial charge in [0.05, 0.1) is 55.5 Å². The molecule has 6 heterocycles. The predicted molar refractivity (Wildman–Crippen MR) is 477 cm³/mol. The highest BCUT2D eigenvalue weighted by Gasteiger charge is 2.36. The fourth-order valence-electron chi connectivity index (χ4n) is 18.0. The maximum absolute atomic E-state index is 5.26. The van der Waals surface area contributed by atoms with Crippen LogP contribution in [0.2, 0.25) is 0 Å². The van der Waals surface area contributed by atoms with Gasteiger partial charge in [0.1, 0.15) is 11.6 Å². The van der Waals surface area contributed by atoms with Crippen molar-refractivity contribution >= 4 is 87.2 Å². The fraction of sp³-hybridized carbons (Fsp3) is 0.0280. The summed E-state index contributed by atoms with van der Waals surface area (Å²) >= 11 is 0. The maximum Gasteiger partial charge on any atom is 0.162 e. The van der Waals surface area contributed by atoms with Gasteiger partial charge < -0.3 is 9.13 Å². The standard InChI is InChI=1S/C55H38N4.C52H34N4/c1-55(2)46-22-12-9-19-40(46)41-28-27-39(33-47(41)55)58-49-23-13-10-20-42(49)44-31-37(25-29-51(44)58)38-26-30-52-45(32-38)43-21-11-14-24-50(43)59(52)53-34-48(35-15-5-3-6-16-35)56-54(57-53)36-17-7-4-8-18-36;1-4-14-35(15-5-1)36-24-26-37(27-25-36)46-34-51(54-52(53-46)38-16-6-2-7-17-38)56-48-23-13-11-21-43(48)45-33-40(29-31-50(45)56)39-28-30-49-44(32-39)42-20-10-12-22-47(42)55(49)41-18-8-3-9-19-41/h3-34H,1-2H3;1-34H. The number of benzene rings is 16. The Labute approximate surface area is 664 Å². The minimum Gasteiger partial charge on any atom is -0.309 e. The topological polar surface area (TPSA) is 71.3 Å². The highest BCUT2D eigenvalue weighted by atomic mass is 15.1. The van der Waals surface area contributed by atoms with Gasteiger partial charge in [-0.25, -0.2) is 19.9 Å². The van der Waals surface area contributed by atoms with E-state index in [4.69, 9.17) is 19.9 Å². The molecule has 23 rings (SSSR count). The SMILES string of the molecule is CC1(C)c2ccccc2-c2ccc(-n3c4ccccc4c4cc(-c5ccc6c(c5)c5ccccc5n6-c5cc(-c6ccccc6)nc(-c6ccccc6)n5)ccc43)cc21.c1ccc(-c2ccc(-c3cc(-n4c5ccccc5c5cc(-c6ccc7c(c6)c6ccccc6n7-c6ccccc6)ccc54)nc(-c4ccccc4)n3)cc2)cc1. The molecule has 0 radical (unpaired) electrons. The van der Waals surface area contributed by atoms with Crippen LogP contribution < -0.4 is 0 Å². The number of rotatable bonds is 11. The van der Waals surface area contributed by atoms with Crippen molar-refractivity contribution in [1.29, 1.82) is 0 Å². The molecule has 115 heavy (non-hydrogen) atoms. The van der Waals surface area contributed by atoms with E-state index < -0.39 is 0 Å². The van der Waals surface area contributed by atoms with E-state index >= 15 is 0 Å². The molecule has 1 aliphatic carbocycles. The van der Waals surface area contributed by atoms with E-state index in [1.54, 1.807) is 0 Å². The summed E-state index contributed by atoms with van der Waals surface area (Å²) in [5.41, 5.74) is 29.8. The molecular weight excluding hydrogens is 1400 g/mol. The minimum atomic E-state index is -0.0720. The summed E-state index contributed by atoms with van der Waals surface area (Å²) in [7, 11) is 0. The molecule has 0 fully saturated rings. The Morgan fingerprint density at radius 3 is 0.939 bits per heavy atom. The molecule has 6 aromatic heterocycles. The summed E-state index contributed by atoms with van der Waals surface area (Å²) in [6.45, 7) is 4.71. The molecule has 1 aliphatic rings. The van der Waals surface area contributed by atoms with Crippen molar-refractivity contribution in [3.05, 3.63) is 412 Å². The first kappa shape index (κ1) is 66.8. The van der Waals surface area contributed by atoms with E-state index in [0.29, 0.717) is 11.6 Å². The lowest BCUT2D eigenvalue weighted by molar-refractivity contribution is 0.660. The summed E-state index contributed by atoms with van der Waals surface area (Å²) < 4.78 is 9.39. The molecule has 22 aromatic rings. The second kappa shape index (κ2) is 27.1. The third-order valence-corrected chi connectivity index (χ3v) is 23.5. The first-order valence-electron chi connectivity index (χ1n) is 39.3. The Morgan fingerprint density at radius 1 is 0.191 bits per heavy atom. The first-order valence-corrected chi connectivity index (χ1v) is 39.3. The van der Waals surface area contributed by atoms with Crippen LogP contribution in [-0.4, -0.2) is 38.2 Å². The number of nitrogens with zero attached hydrogens (tertiary/aromatic N) is 8. The molecule has 0 atom stereocenters. The molecule has 540 valence electrons. The zero-order valence-electron chi connectivity index (χ0n) is 63.2. The van der Waals surface area contributed by atoms with Gasteiger partial charge in [-0.1, -0.05) is 305 Å². The van der Waals surface area contributed by atoms with Crippen molar-refractivity contribution in [2.75, 3.05) is 0 Å². The second-order valence-corrected chi connectivity index (χ2v) is 30.5. The number of hydrogen-bond acceptors (Lipinski definition) is 4. The lowest BCUT2D eigenvalue weighted by Crippen LogP contribution is -2.15. The lowest BCUT2D eigenvalue weighted by atomic mass is 9.82. The lowest BCUT2D eigenvalue weighted by Gasteiger charge is -2.22. The normalized spacial score (nSPS) is 12.3. The van der Waals surface area contributed by atoms with Crippen LogP contribution in [0.25, 0.3) is 200 Å². The van der Waals surface area contributed by atoms with Gasteiger partial charge in [0.2, 0.25) is 0 Å². The van der Waals surface area contributed by atoms with E-state index in [9.17, 15) is 0 Å². The molecule has 0 aliphatic heterocycles. The Kier molecular flexibility index (Phi) is 15.8.